The van der Waals surface area contributed by atoms with E-state index in [4.69, 9.17) is 15.2 Å². The number of benzene rings is 1. The van der Waals surface area contributed by atoms with Gasteiger partial charge in [-0.25, -0.2) is 23.7 Å². The Hall–Kier alpha value is -4.81. The number of carbonyl (C=O) groups is 1. The van der Waals surface area contributed by atoms with Gasteiger partial charge in [-0.1, -0.05) is 43.5 Å². The van der Waals surface area contributed by atoms with Crippen LogP contribution in [0.5, 0.6) is 0 Å². The van der Waals surface area contributed by atoms with Gasteiger partial charge in [-0.2, -0.15) is 0 Å². The van der Waals surface area contributed by atoms with Gasteiger partial charge in [-0.15, -0.1) is 0 Å². The Morgan fingerprint density at radius 1 is 0.978 bits per heavy atom. The Labute approximate surface area is 270 Å². The summed E-state index contributed by atoms with van der Waals surface area (Å²) in [7, 11) is 0. The first kappa shape index (κ1) is 32.6. The van der Waals surface area contributed by atoms with Gasteiger partial charge >= 0.3 is 0 Å². The van der Waals surface area contributed by atoms with Crippen LogP contribution in [0.2, 0.25) is 0 Å². The van der Waals surface area contributed by atoms with Crippen LogP contribution in [-0.4, -0.2) is 43.5 Å². The third-order valence-electron chi connectivity index (χ3n) is 7.51. The van der Waals surface area contributed by atoms with E-state index in [2.05, 4.69) is 42.4 Å². The van der Waals surface area contributed by atoms with Crippen molar-refractivity contribution in [2.45, 2.75) is 64.9 Å². The summed E-state index contributed by atoms with van der Waals surface area (Å²) < 4.78 is 37.4. The molecule has 4 aromatic heterocycles. The number of carbonyl (C=O) groups excluding carboxylic acids is 1. The molecule has 0 aliphatic heterocycles. The molecule has 1 amide bonds. The summed E-state index contributed by atoms with van der Waals surface area (Å²) in [4.78, 5) is 31.1. The highest BCUT2D eigenvalue weighted by Crippen LogP contribution is 2.26. The second-order valence-electron chi connectivity index (χ2n) is 11.0. The quantitative estimate of drug-likeness (QED) is 0.149. The molecule has 12 heteroatoms. The smallest absolute Gasteiger partial charge is 0.270 e. The normalized spacial score (nSPS) is 13.3. The molecule has 0 unspecified atom stereocenters. The fraction of sp³-hybridized carbons (Fsp3) is 0.324. The highest BCUT2D eigenvalue weighted by Gasteiger charge is 2.17. The number of nitrogens with one attached hydrogen (secondary N) is 2. The lowest BCUT2D eigenvalue weighted by molar-refractivity contribution is 0.0920. The molecule has 4 heterocycles. The van der Waals surface area contributed by atoms with Crippen molar-refractivity contribution < 1.29 is 27.3 Å². The number of aromatic amines is 1. The van der Waals surface area contributed by atoms with Gasteiger partial charge in [0.15, 0.2) is 17.5 Å². The van der Waals surface area contributed by atoms with E-state index in [9.17, 15) is 13.6 Å². The number of anilines is 1. The van der Waals surface area contributed by atoms with Crippen LogP contribution in [0, 0.1) is 11.6 Å². The number of nitrogens with two attached hydrogens (primary N) is 1. The Morgan fingerprint density at radius 3 is 2.46 bits per heavy atom. The third-order valence-corrected chi connectivity index (χ3v) is 7.51. The van der Waals surface area contributed by atoms with E-state index < -0.39 is 11.6 Å². The fourth-order valence-corrected chi connectivity index (χ4v) is 5.18. The predicted molar refractivity (Wildman–Crippen MR) is 177 cm³/mol. The van der Waals surface area contributed by atoms with Gasteiger partial charge in [-0.05, 0) is 54.7 Å². The number of aromatic nitrogens is 5. The minimum atomic E-state index is -0.692. The van der Waals surface area contributed by atoms with E-state index in [-0.39, 0.29) is 27.9 Å². The summed E-state index contributed by atoms with van der Waals surface area (Å²) in [5, 5.41) is 3.63. The van der Waals surface area contributed by atoms with Crippen LogP contribution in [0.4, 0.5) is 14.6 Å². The lowest BCUT2D eigenvalue weighted by atomic mass is 9.95. The first-order chi connectivity index (χ1) is 22.4. The first-order valence-corrected chi connectivity index (χ1v) is 15.3. The van der Waals surface area contributed by atoms with Gasteiger partial charge < -0.3 is 25.5 Å². The van der Waals surface area contributed by atoms with Crippen molar-refractivity contribution >= 4 is 22.8 Å². The van der Waals surface area contributed by atoms with Crippen LogP contribution in [-0.2, 0) is 29.3 Å². The van der Waals surface area contributed by atoms with Crippen molar-refractivity contribution in [1.29, 1.82) is 0 Å². The van der Waals surface area contributed by atoms with E-state index in [0.29, 0.717) is 48.7 Å². The topological polar surface area (TPSA) is 141 Å². The number of halogens is 2. The highest BCUT2D eigenvalue weighted by molar-refractivity contribution is 5.92. The van der Waals surface area contributed by atoms with Gasteiger partial charge in [0.05, 0.1) is 32.2 Å². The molecule has 6 rings (SSSR count). The first-order valence-electron chi connectivity index (χ1n) is 15.3. The second-order valence-corrected chi connectivity index (χ2v) is 11.0. The molecule has 1 aliphatic rings. The molecular formula is C34H43F2N7O3. The zero-order chi connectivity index (χ0) is 32.3. The Balaban J connectivity index is 0.000000346. The largest absolute Gasteiger partial charge is 0.381 e. The molecule has 5 aromatic rings. The highest BCUT2D eigenvalue weighted by atomic mass is 19.1. The number of hydrogen-bond acceptors (Lipinski definition) is 8. The number of H-pyrrole nitrogens is 1. The van der Waals surface area contributed by atoms with E-state index in [0.717, 1.165) is 41.9 Å². The van der Waals surface area contributed by atoms with Crippen LogP contribution >= 0.6 is 0 Å². The Morgan fingerprint density at radius 2 is 1.72 bits per heavy atom. The zero-order valence-electron chi connectivity index (χ0n) is 25.6. The SMILES string of the molecule is CCOCc1cccc(COCc2ccnc(C(=O)NC3CCCCC3)c2)c1.Nc1nc(-c2c[nH]c3ncc(F)cc23)ncc1F.[HH].[HH].[HH]. The van der Waals surface area contributed by atoms with Crippen LogP contribution < -0.4 is 11.1 Å². The lowest BCUT2D eigenvalue weighted by Crippen LogP contribution is -2.36. The van der Waals surface area contributed by atoms with Crippen LogP contribution in [0.1, 0.15) is 70.5 Å². The van der Waals surface area contributed by atoms with E-state index in [1.807, 2.05) is 31.2 Å². The number of hydrogen-bond donors (Lipinski definition) is 3. The maximum atomic E-state index is 13.2. The van der Waals surface area contributed by atoms with Crippen molar-refractivity contribution in [3.63, 3.8) is 0 Å². The molecule has 246 valence electrons. The molecule has 0 spiro atoms. The standard InChI is InChI=1S/C23H30N2O3.C11H7F2N5.3H2/c1-2-27-15-18-7-6-8-19(13-18)16-28-17-20-11-12-24-22(14-20)23(26)25-21-9-4-3-5-10-21;12-5-1-6-7(3-16-10(6)15-2-5)11-17-4-8(13)9(14)18-11;;;/h6-8,11-14,21H,2-5,9-10,15-17H2,1H3,(H,25,26);1-4H,(H,15,16)(H2,14,17,18);3*1H. The van der Waals surface area contributed by atoms with Crippen molar-refractivity contribution in [2.75, 3.05) is 12.3 Å². The van der Waals surface area contributed by atoms with Crippen molar-refractivity contribution in [3.05, 3.63) is 101 Å². The number of amides is 1. The molecule has 1 aliphatic carbocycles. The molecule has 46 heavy (non-hydrogen) atoms. The Kier molecular flexibility index (Phi) is 11.3. The Bertz CT molecular complexity index is 1770. The van der Waals surface area contributed by atoms with E-state index >= 15 is 0 Å². The van der Waals surface area contributed by atoms with Gasteiger partial charge in [0.2, 0.25) is 0 Å². The minimum Gasteiger partial charge on any atom is -0.381 e. The number of rotatable bonds is 10. The zero-order valence-corrected chi connectivity index (χ0v) is 25.6. The summed E-state index contributed by atoms with van der Waals surface area (Å²) >= 11 is 0. The number of fused-ring (bicyclic) bond motifs is 1. The number of pyridine rings is 2. The van der Waals surface area contributed by atoms with E-state index in [1.54, 1.807) is 12.4 Å². The van der Waals surface area contributed by atoms with Gasteiger partial charge in [0, 0.05) is 40.3 Å². The lowest BCUT2D eigenvalue weighted by Gasteiger charge is -2.22. The summed E-state index contributed by atoms with van der Waals surface area (Å²) in [5.41, 5.74) is 10.1. The molecule has 1 saturated carbocycles. The van der Waals surface area contributed by atoms with Gasteiger partial charge in [0.25, 0.3) is 5.91 Å². The average Bonchev–Trinajstić information content (AvgIpc) is 3.49. The molecule has 0 atom stereocenters. The molecule has 4 N–H and O–H groups in total. The molecule has 10 nitrogen and oxygen atoms in total. The van der Waals surface area contributed by atoms with Crippen molar-refractivity contribution in [2.24, 2.45) is 0 Å². The van der Waals surface area contributed by atoms with Crippen LogP contribution in [0.25, 0.3) is 22.4 Å². The number of ether oxygens (including phenoxy) is 2. The maximum absolute atomic E-state index is 13.2. The molecule has 1 fully saturated rings. The second kappa shape index (κ2) is 16.0. The van der Waals surface area contributed by atoms with Crippen LogP contribution in [0.15, 0.2) is 67.3 Å². The summed E-state index contributed by atoms with van der Waals surface area (Å²) in [6.45, 7) is 4.28. The van der Waals surface area contributed by atoms with Gasteiger partial charge in [-0.3, -0.25) is 9.78 Å². The van der Waals surface area contributed by atoms with Gasteiger partial charge in [0.1, 0.15) is 17.2 Å². The summed E-state index contributed by atoms with van der Waals surface area (Å²) in [6.07, 6.45) is 11.1. The maximum Gasteiger partial charge on any atom is 0.270 e. The van der Waals surface area contributed by atoms with E-state index in [1.165, 1.54) is 25.3 Å². The minimum absolute atomic E-state index is 0. The molecule has 1 aromatic carbocycles. The third kappa shape index (κ3) is 8.89. The molecule has 0 radical (unpaired) electrons. The number of nitrogens with zero attached hydrogens (tertiary/aromatic N) is 4. The van der Waals surface area contributed by atoms with Crippen molar-refractivity contribution in [1.82, 2.24) is 30.2 Å². The predicted octanol–water partition coefficient (Wildman–Crippen LogP) is 7.02. The molecule has 0 saturated heterocycles. The van der Waals surface area contributed by atoms with Crippen LogP contribution in [0.3, 0.4) is 0 Å². The monoisotopic (exact) mass is 635 g/mol. The summed E-state index contributed by atoms with van der Waals surface area (Å²) in [6, 6.07) is 13.5. The molecular weight excluding hydrogens is 592 g/mol. The molecule has 0 bridgehead atoms. The van der Waals surface area contributed by atoms with Crippen molar-refractivity contribution in [3.8, 4) is 11.4 Å². The average molecular weight is 636 g/mol. The fourth-order valence-electron chi connectivity index (χ4n) is 5.18. The number of nitrogen functional groups attached to an aromatic ring is 1. The summed E-state index contributed by atoms with van der Waals surface area (Å²) in [5.74, 6) is -1.29.